The van der Waals surface area contributed by atoms with Crippen molar-refractivity contribution >= 4 is 5.91 Å². The van der Waals surface area contributed by atoms with Gasteiger partial charge in [0, 0.05) is 17.9 Å². The minimum Gasteiger partial charge on any atom is -0.366 e. The van der Waals surface area contributed by atoms with Crippen molar-refractivity contribution in [2.75, 3.05) is 0 Å². The van der Waals surface area contributed by atoms with E-state index in [0.717, 1.165) is 22.5 Å². The molecule has 1 aromatic heterocycles. The second-order valence-corrected chi connectivity index (χ2v) is 5.47. The smallest absolute Gasteiger partial charge is 0.250 e. The SMILES string of the molecule is Cc1c(C(N)=O)cc(-c2ccc(F)cc2)n1Cc1ccccc1. The molecule has 0 saturated heterocycles. The van der Waals surface area contributed by atoms with E-state index in [-0.39, 0.29) is 5.82 Å². The fourth-order valence-electron chi connectivity index (χ4n) is 2.72. The number of halogens is 1. The normalized spacial score (nSPS) is 10.7. The number of nitrogens with two attached hydrogens (primary N) is 1. The number of amides is 1. The molecule has 0 saturated carbocycles. The van der Waals surface area contributed by atoms with E-state index in [2.05, 4.69) is 0 Å². The monoisotopic (exact) mass is 308 g/mol. The Bertz CT molecular complexity index is 836. The Morgan fingerprint density at radius 2 is 1.74 bits per heavy atom. The van der Waals surface area contributed by atoms with Gasteiger partial charge in [0.15, 0.2) is 0 Å². The topological polar surface area (TPSA) is 48.0 Å². The van der Waals surface area contributed by atoms with Gasteiger partial charge in [-0.25, -0.2) is 4.39 Å². The average molecular weight is 308 g/mol. The van der Waals surface area contributed by atoms with Crippen LogP contribution in [0.3, 0.4) is 0 Å². The summed E-state index contributed by atoms with van der Waals surface area (Å²) in [6.45, 7) is 2.49. The molecule has 3 rings (SSSR count). The molecule has 0 bridgehead atoms. The highest BCUT2D eigenvalue weighted by Gasteiger charge is 2.17. The van der Waals surface area contributed by atoms with Crippen LogP contribution in [0.5, 0.6) is 0 Å². The van der Waals surface area contributed by atoms with Crippen molar-refractivity contribution in [3.8, 4) is 11.3 Å². The number of carbonyl (C=O) groups is 1. The Morgan fingerprint density at radius 3 is 2.35 bits per heavy atom. The lowest BCUT2D eigenvalue weighted by molar-refractivity contribution is 0.0999. The minimum absolute atomic E-state index is 0.290. The largest absolute Gasteiger partial charge is 0.366 e. The third kappa shape index (κ3) is 3.01. The van der Waals surface area contributed by atoms with Crippen molar-refractivity contribution in [1.82, 2.24) is 4.57 Å². The van der Waals surface area contributed by atoms with Crippen LogP contribution in [0.15, 0.2) is 60.7 Å². The average Bonchev–Trinajstić information content (AvgIpc) is 2.87. The molecule has 23 heavy (non-hydrogen) atoms. The van der Waals surface area contributed by atoms with Crippen molar-refractivity contribution in [2.45, 2.75) is 13.5 Å². The van der Waals surface area contributed by atoms with Crippen LogP contribution in [-0.4, -0.2) is 10.5 Å². The fraction of sp³-hybridized carbons (Fsp3) is 0.105. The molecular formula is C19H17FN2O. The lowest BCUT2D eigenvalue weighted by atomic mass is 10.1. The Kier molecular flexibility index (Phi) is 3.98. The van der Waals surface area contributed by atoms with Gasteiger partial charge in [0.05, 0.1) is 5.56 Å². The van der Waals surface area contributed by atoms with Crippen LogP contribution in [-0.2, 0) is 6.54 Å². The van der Waals surface area contributed by atoms with Crippen LogP contribution in [0.1, 0.15) is 21.6 Å². The van der Waals surface area contributed by atoms with E-state index in [9.17, 15) is 9.18 Å². The molecule has 0 unspecified atom stereocenters. The van der Waals surface area contributed by atoms with Crippen LogP contribution in [0, 0.1) is 12.7 Å². The molecule has 0 radical (unpaired) electrons. The third-order valence-corrected chi connectivity index (χ3v) is 3.96. The number of hydrogen-bond acceptors (Lipinski definition) is 1. The van der Waals surface area contributed by atoms with Crippen LogP contribution in [0.2, 0.25) is 0 Å². The van der Waals surface area contributed by atoms with Crippen LogP contribution >= 0.6 is 0 Å². The molecule has 0 spiro atoms. The summed E-state index contributed by atoms with van der Waals surface area (Å²) in [4.78, 5) is 11.7. The molecule has 116 valence electrons. The number of rotatable bonds is 4. The van der Waals surface area contributed by atoms with E-state index in [1.54, 1.807) is 18.2 Å². The van der Waals surface area contributed by atoms with Gasteiger partial charge in [-0.2, -0.15) is 0 Å². The first kappa shape index (κ1) is 15.0. The van der Waals surface area contributed by atoms with E-state index in [0.29, 0.717) is 12.1 Å². The lowest BCUT2D eigenvalue weighted by Crippen LogP contribution is -2.12. The summed E-state index contributed by atoms with van der Waals surface area (Å²) in [5.41, 5.74) is 9.58. The van der Waals surface area contributed by atoms with Gasteiger partial charge >= 0.3 is 0 Å². The molecule has 0 aliphatic carbocycles. The molecule has 3 nitrogen and oxygen atoms in total. The maximum atomic E-state index is 13.2. The highest BCUT2D eigenvalue weighted by molar-refractivity contribution is 5.95. The molecule has 4 heteroatoms. The molecule has 1 amide bonds. The summed E-state index contributed by atoms with van der Waals surface area (Å²) >= 11 is 0. The number of benzene rings is 2. The van der Waals surface area contributed by atoms with Gasteiger partial charge in [0.25, 0.3) is 5.91 Å². The summed E-state index contributed by atoms with van der Waals surface area (Å²) < 4.78 is 15.2. The van der Waals surface area contributed by atoms with Gasteiger partial charge in [-0.3, -0.25) is 4.79 Å². The van der Waals surface area contributed by atoms with Crippen molar-refractivity contribution in [3.05, 3.63) is 83.3 Å². The molecule has 1 heterocycles. The zero-order chi connectivity index (χ0) is 16.4. The summed E-state index contributed by atoms with van der Waals surface area (Å²) in [7, 11) is 0. The van der Waals surface area contributed by atoms with Gasteiger partial charge in [-0.05, 0) is 48.4 Å². The van der Waals surface area contributed by atoms with Gasteiger partial charge in [0.1, 0.15) is 5.82 Å². The first-order chi connectivity index (χ1) is 11.1. The molecule has 0 fully saturated rings. The van der Waals surface area contributed by atoms with Crippen molar-refractivity contribution in [3.63, 3.8) is 0 Å². The zero-order valence-corrected chi connectivity index (χ0v) is 12.8. The zero-order valence-electron chi connectivity index (χ0n) is 12.8. The summed E-state index contributed by atoms with van der Waals surface area (Å²) in [5, 5.41) is 0. The van der Waals surface area contributed by atoms with E-state index in [1.165, 1.54) is 12.1 Å². The predicted molar refractivity (Wildman–Crippen MR) is 88.6 cm³/mol. The summed E-state index contributed by atoms with van der Waals surface area (Å²) in [5.74, 6) is -0.751. The highest BCUT2D eigenvalue weighted by atomic mass is 19.1. The van der Waals surface area contributed by atoms with E-state index >= 15 is 0 Å². The first-order valence-corrected chi connectivity index (χ1v) is 7.36. The van der Waals surface area contributed by atoms with Crippen molar-refractivity contribution < 1.29 is 9.18 Å². The van der Waals surface area contributed by atoms with Crippen molar-refractivity contribution in [1.29, 1.82) is 0 Å². The second kappa shape index (κ2) is 6.08. The maximum Gasteiger partial charge on any atom is 0.250 e. The number of nitrogens with zero attached hydrogens (tertiary/aromatic N) is 1. The van der Waals surface area contributed by atoms with E-state index in [1.807, 2.05) is 41.8 Å². The molecular weight excluding hydrogens is 291 g/mol. The van der Waals surface area contributed by atoms with Crippen molar-refractivity contribution in [2.24, 2.45) is 5.73 Å². The first-order valence-electron chi connectivity index (χ1n) is 7.36. The third-order valence-electron chi connectivity index (χ3n) is 3.96. The van der Waals surface area contributed by atoms with Gasteiger partial charge < -0.3 is 10.3 Å². The standard InChI is InChI=1S/C19H17FN2O/c1-13-17(19(21)23)11-18(15-7-9-16(20)10-8-15)22(13)12-14-5-3-2-4-6-14/h2-11H,12H2,1H3,(H2,21,23). The minimum atomic E-state index is -0.460. The number of aromatic nitrogens is 1. The van der Waals surface area contributed by atoms with Crippen LogP contribution in [0.4, 0.5) is 4.39 Å². The van der Waals surface area contributed by atoms with Gasteiger partial charge in [-0.15, -0.1) is 0 Å². The Balaban J connectivity index is 2.12. The lowest BCUT2D eigenvalue weighted by Gasteiger charge is -2.12. The number of carbonyl (C=O) groups excluding carboxylic acids is 1. The summed E-state index contributed by atoms with van der Waals surface area (Å²) in [6.07, 6.45) is 0. The number of primary amides is 1. The quantitative estimate of drug-likeness (QED) is 0.784. The molecule has 3 aromatic rings. The van der Waals surface area contributed by atoms with Crippen LogP contribution in [0.25, 0.3) is 11.3 Å². The summed E-state index contributed by atoms with van der Waals surface area (Å²) in [6, 6.07) is 18.0. The second-order valence-electron chi connectivity index (χ2n) is 5.47. The molecule has 0 atom stereocenters. The Hall–Kier alpha value is -2.88. The highest BCUT2D eigenvalue weighted by Crippen LogP contribution is 2.27. The van der Waals surface area contributed by atoms with E-state index in [4.69, 9.17) is 5.73 Å². The molecule has 0 aliphatic heterocycles. The van der Waals surface area contributed by atoms with E-state index < -0.39 is 5.91 Å². The number of hydrogen-bond donors (Lipinski definition) is 1. The molecule has 2 N–H and O–H groups in total. The molecule has 0 aliphatic rings. The fourth-order valence-corrected chi connectivity index (χ4v) is 2.72. The Labute approximate surface area is 134 Å². The van der Waals surface area contributed by atoms with Gasteiger partial charge in [-0.1, -0.05) is 30.3 Å². The maximum absolute atomic E-state index is 13.2. The molecule has 2 aromatic carbocycles. The van der Waals surface area contributed by atoms with Crippen LogP contribution < -0.4 is 5.73 Å². The Morgan fingerprint density at radius 1 is 1.09 bits per heavy atom. The predicted octanol–water partition coefficient (Wildman–Crippen LogP) is 3.75. The van der Waals surface area contributed by atoms with Gasteiger partial charge in [0.2, 0.25) is 0 Å².